The van der Waals surface area contributed by atoms with Gasteiger partial charge >= 0.3 is 5.69 Å². The molecule has 0 spiro atoms. The predicted molar refractivity (Wildman–Crippen MR) is 101 cm³/mol. The van der Waals surface area contributed by atoms with E-state index in [9.17, 15) is 14.9 Å². The first-order chi connectivity index (χ1) is 13.5. The molecule has 0 atom stereocenters. The van der Waals surface area contributed by atoms with E-state index >= 15 is 0 Å². The van der Waals surface area contributed by atoms with Crippen LogP contribution in [-0.2, 0) is 0 Å². The van der Waals surface area contributed by atoms with Gasteiger partial charge in [0, 0.05) is 28.8 Å². The Kier molecular flexibility index (Phi) is 4.48. The number of carbonyl (C=O) groups is 1. The summed E-state index contributed by atoms with van der Waals surface area (Å²) in [6.45, 7) is 0. The van der Waals surface area contributed by atoms with Gasteiger partial charge in [-0.2, -0.15) is 5.10 Å². The molecule has 0 bridgehead atoms. The zero-order chi connectivity index (χ0) is 19.7. The first-order valence-electron chi connectivity index (χ1n) is 8.71. The van der Waals surface area contributed by atoms with Crippen LogP contribution in [0.25, 0.3) is 11.4 Å². The van der Waals surface area contributed by atoms with Crippen molar-refractivity contribution in [1.82, 2.24) is 15.2 Å². The Morgan fingerprint density at radius 1 is 1.29 bits per heavy atom. The van der Waals surface area contributed by atoms with Crippen molar-refractivity contribution in [3.63, 3.8) is 0 Å². The molecule has 1 heterocycles. The number of hydrogen-bond acceptors (Lipinski definition) is 6. The fraction of sp³-hybridized carbons (Fsp3) is 0.211. The summed E-state index contributed by atoms with van der Waals surface area (Å²) in [6.07, 6.45) is 2.25. The molecular weight excluding hydrogens is 362 g/mol. The minimum atomic E-state index is -0.586. The molecule has 0 aliphatic heterocycles. The van der Waals surface area contributed by atoms with E-state index in [2.05, 4.69) is 20.5 Å². The molecule has 0 unspecified atom stereocenters. The Labute approximate surface area is 159 Å². The molecule has 4 rings (SSSR count). The number of ether oxygens (including phenoxy) is 1. The van der Waals surface area contributed by atoms with Crippen molar-refractivity contribution in [2.75, 3.05) is 12.4 Å². The molecule has 1 amide bonds. The average molecular weight is 379 g/mol. The van der Waals surface area contributed by atoms with Crippen LogP contribution in [0.5, 0.6) is 5.75 Å². The van der Waals surface area contributed by atoms with Gasteiger partial charge in [-0.05, 0) is 37.1 Å². The summed E-state index contributed by atoms with van der Waals surface area (Å²) in [6, 6.07) is 11.2. The second-order valence-electron chi connectivity index (χ2n) is 6.50. The van der Waals surface area contributed by atoms with E-state index in [-0.39, 0.29) is 17.0 Å². The van der Waals surface area contributed by atoms with Crippen LogP contribution in [0.4, 0.5) is 11.4 Å². The van der Waals surface area contributed by atoms with E-state index < -0.39 is 10.8 Å². The highest BCUT2D eigenvalue weighted by Gasteiger charge is 2.27. The molecule has 9 nitrogen and oxygen atoms in total. The highest BCUT2D eigenvalue weighted by Crippen LogP contribution is 2.38. The maximum atomic E-state index is 12.5. The molecule has 2 aromatic carbocycles. The predicted octanol–water partition coefficient (Wildman–Crippen LogP) is 3.52. The van der Waals surface area contributed by atoms with Crippen molar-refractivity contribution in [3.8, 4) is 17.1 Å². The summed E-state index contributed by atoms with van der Waals surface area (Å²) in [5.41, 5.74) is 1.20. The van der Waals surface area contributed by atoms with Gasteiger partial charge in [0.25, 0.3) is 5.91 Å². The molecule has 1 aromatic heterocycles. The Hall–Kier alpha value is -3.75. The highest BCUT2D eigenvalue weighted by molar-refractivity contribution is 6.05. The van der Waals surface area contributed by atoms with Gasteiger partial charge in [-0.3, -0.25) is 20.0 Å². The van der Waals surface area contributed by atoms with Crippen LogP contribution in [0.15, 0.2) is 42.5 Å². The van der Waals surface area contributed by atoms with Gasteiger partial charge in [-0.15, -0.1) is 0 Å². The van der Waals surface area contributed by atoms with Crippen molar-refractivity contribution in [2.45, 2.75) is 18.8 Å². The number of H-pyrrole nitrogens is 1. The summed E-state index contributed by atoms with van der Waals surface area (Å²) in [4.78, 5) is 27.6. The third-order valence-electron chi connectivity index (χ3n) is 4.48. The number of amides is 1. The summed E-state index contributed by atoms with van der Waals surface area (Å²) in [7, 11) is 1.34. The molecule has 9 heteroatoms. The van der Waals surface area contributed by atoms with Gasteiger partial charge in [0.05, 0.1) is 12.0 Å². The Morgan fingerprint density at radius 3 is 2.82 bits per heavy atom. The SMILES string of the molecule is COc1ccc(C(=O)Nc2cccc(-c3n[nH]c(C4CC4)n3)c2)cc1[N+](=O)[O-]. The van der Waals surface area contributed by atoms with Gasteiger partial charge in [-0.25, -0.2) is 4.98 Å². The number of nitro benzene ring substituents is 1. The minimum absolute atomic E-state index is 0.0969. The number of anilines is 1. The lowest BCUT2D eigenvalue weighted by atomic mass is 10.1. The second-order valence-corrected chi connectivity index (χ2v) is 6.50. The average Bonchev–Trinajstić information content (AvgIpc) is 3.44. The fourth-order valence-electron chi connectivity index (χ4n) is 2.86. The number of nitro groups is 1. The Balaban J connectivity index is 1.54. The molecule has 142 valence electrons. The maximum absolute atomic E-state index is 12.5. The molecule has 28 heavy (non-hydrogen) atoms. The van der Waals surface area contributed by atoms with Crippen LogP contribution in [0.2, 0.25) is 0 Å². The van der Waals surface area contributed by atoms with E-state index in [1.165, 1.54) is 25.3 Å². The van der Waals surface area contributed by atoms with Crippen LogP contribution in [0, 0.1) is 10.1 Å². The van der Waals surface area contributed by atoms with Gasteiger partial charge in [0.1, 0.15) is 5.82 Å². The number of nitrogens with one attached hydrogen (secondary N) is 2. The number of aromatic amines is 1. The third-order valence-corrected chi connectivity index (χ3v) is 4.48. The zero-order valence-electron chi connectivity index (χ0n) is 15.0. The standard InChI is InChI=1S/C19H17N5O4/c1-28-16-8-7-13(10-15(16)24(26)27)19(25)20-14-4-2-3-12(9-14)18-21-17(22-23-18)11-5-6-11/h2-4,7-11H,5-6H2,1H3,(H,20,25)(H,21,22,23). The Bertz CT molecular complexity index is 1060. The van der Waals surface area contributed by atoms with E-state index in [4.69, 9.17) is 4.74 Å². The number of benzene rings is 2. The van der Waals surface area contributed by atoms with E-state index in [0.717, 1.165) is 24.2 Å². The summed E-state index contributed by atoms with van der Waals surface area (Å²) in [5, 5.41) is 21.1. The fourth-order valence-corrected chi connectivity index (χ4v) is 2.86. The third kappa shape index (κ3) is 3.54. The van der Waals surface area contributed by atoms with Crippen LogP contribution < -0.4 is 10.1 Å². The molecular formula is C19H17N5O4. The lowest BCUT2D eigenvalue weighted by Crippen LogP contribution is -2.12. The highest BCUT2D eigenvalue weighted by atomic mass is 16.6. The largest absolute Gasteiger partial charge is 0.490 e. The molecule has 3 aromatic rings. The monoisotopic (exact) mass is 379 g/mol. The van der Waals surface area contributed by atoms with Crippen molar-refractivity contribution >= 4 is 17.3 Å². The van der Waals surface area contributed by atoms with Crippen molar-refractivity contribution in [3.05, 3.63) is 64.0 Å². The summed E-state index contributed by atoms with van der Waals surface area (Å²) >= 11 is 0. The number of carbonyl (C=O) groups excluding carboxylic acids is 1. The van der Waals surface area contributed by atoms with Crippen LogP contribution >= 0.6 is 0 Å². The van der Waals surface area contributed by atoms with E-state index in [1.54, 1.807) is 18.2 Å². The van der Waals surface area contributed by atoms with Gasteiger partial charge in [0.2, 0.25) is 0 Å². The minimum Gasteiger partial charge on any atom is -0.490 e. The maximum Gasteiger partial charge on any atom is 0.311 e. The first-order valence-corrected chi connectivity index (χ1v) is 8.71. The molecule has 2 N–H and O–H groups in total. The molecule has 1 fully saturated rings. The van der Waals surface area contributed by atoms with Crippen LogP contribution in [0.3, 0.4) is 0 Å². The normalized spacial score (nSPS) is 13.2. The van der Waals surface area contributed by atoms with Crippen LogP contribution in [-0.4, -0.2) is 33.1 Å². The molecule has 1 aliphatic carbocycles. The number of aromatic nitrogens is 3. The van der Waals surface area contributed by atoms with Crippen molar-refractivity contribution in [1.29, 1.82) is 0 Å². The van der Waals surface area contributed by atoms with E-state index in [0.29, 0.717) is 17.4 Å². The number of rotatable bonds is 6. The van der Waals surface area contributed by atoms with Gasteiger partial charge in [-0.1, -0.05) is 12.1 Å². The smallest absolute Gasteiger partial charge is 0.311 e. The Morgan fingerprint density at radius 2 is 2.11 bits per heavy atom. The van der Waals surface area contributed by atoms with E-state index in [1.807, 2.05) is 6.07 Å². The first kappa shape index (κ1) is 17.7. The summed E-state index contributed by atoms with van der Waals surface area (Å²) < 4.78 is 4.96. The number of hydrogen-bond donors (Lipinski definition) is 2. The molecule has 1 aliphatic rings. The topological polar surface area (TPSA) is 123 Å². The zero-order valence-corrected chi connectivity index (χ0v) is 15.0. The lowest BCUT2D eigenvalue weighted by molar-refractivity contribution is -0.385. The van der Waals surface area contributed by atoms with Crippen molar-refractivity contribution in [2.24, 2.45) is 0 Å². The van der Waals surface area contributed by atoms with Crippen LogP contribution in [0.1, 0.15) is 34.9 Å². The summed E-state index contributed by atoms with van der Waals surface area (Å²) in [5.74, 6) is 1.55. The lowest BCUT2D eigenvalue weighted by Gasteiger charge is -2.08. The molecule has 1 saturated carbocycles. The number of methoxy groups -OCH3 is 1. The molecule has 0 radical (unpaired) electrons. The number of nitrogens with zero attached hydrogens (tertiary/aromatic N) is 3. The second kappa shape index (κ2) is 7.10. The molecule has 0 saturated heterocycles. The van der Waals surface area contributed by atoms with Gasteiger partial charge < -0.3 is 10.1 Å². The van der Waals surface area contributed by atoms with Gasteiger partial charge in [0.15, 0.2) is 11.6 Å². The van der Waals surface area contributed by atoms with Crippen molar-refractivity contribution < 1.29 is 14.5 Å². The quantitative estimate of drug-likeness (QED) is 0.499.